The Balaban J connectivity index is 4.58. The molecule has 24 heavy (non-hydrogen) atoms. The minimum Gasteiger partial charge on any atom is -0.385 e. The summed E-state index contributed by atoms with van der Waals surface area (Å²) < 4.78 is 33.4. The summed E-state index contributed by atoms with van der Waals surface area (Å²) in [5, 5.41) is 0. The quantitative estimate of drug-likeness (QED) is 0.263. The zero-order valence-electron chi connectivity index (χ0n) is 16.1. The van der Waals surface area contributed by atoms with Gasteiger partial charge in [-0.2, -0.15) is 0 Å². The van der Waals surface area contributed by atoms with Crippen molar-refractivity contribution in [3.8, 4) is 0 Å². The van der Waals surface area contributed by atoms with Crippen LogP contribution in [0.1, 0.15) is 51.9 Å². The number of hydrogen-bond donors (Lipinski definition) is 0. The van der Waals surface area contributed by atoms with Crippen LogP contribution in [-0.4, -0.2) is 66.9 Å². The molecule has 0 aliphatic rings. The van der Waals surface area contributed by atoms with Gasteiger partial charge < -0.3 is 28.4 Å². The fraction of sp³-hybridized carbons (Fsp3) is 1.00. The third-order valence-corrected chi connectivity index (χ3v) is 3.53. The van der Waals surface area contributed by atoms with Gasteiger partial charge in [0.1, 0.15) is 0 Å². The van der Waals surface area contributed by atoms with Gasteiger partial charge in [0.2, 0.25) is 0 Å². The van der Waals surface area contributed by atoms with Crippen molar-refractivity contribution in [1.82, 2.24) is 0 Å². The van der Waals surface area contributed by atoms with Crippen LogP contribution < -0.4 is 0 Å². The molecule has 0 amide bonds. The molecule has 6 heteroatoms. The van der Waals surface area contributed by atoms with E-state index in [-0.39, 0.29) is 0 Å². The number of rotatable bonds is 19. The van der Waals surface area contributed by atoms with Crippen LogP contribution in [0.3, 0.4) is 0 Å². The average Bonchev–Trinajstić information content (AvgIpc) is 2.60. The van der Waals surface area contributed by atoms with Crippen LogP contribution >= 0.6 is 0 Å². The van der Waals surface area contributed by atoms with Gasteiger partial charge in [-0.25, -0.2) is 0 Å². The Morgan fingerprint density at radius 2 is 0.958 bits per heavy atom. The van der Waals surface area contributed by atoms with E-state index in [2.05, 4.69) is 6.92 Å². The van der Waals surface area contributed by atoms with Gasteiger partial charge in [0.05, 0.1) is 19.8 Å². The Morgan fingerprint density at radius 1 is 0.542 bits per heavy atom. The Kier molecular flexibility index (Phi) is 17.4. The highest BCUT2D eigenvalue weighted by molar-refractivity contribution is 4.61. The van der Waals surface area contributed by atoms with Crippen LogP contribution in [0.25, 0.3) is 0 Å². The maximum atomic E-state index is 6.03. The van der Waals surface area contributed by atoms with Crippen LogP contribution in [0.15, 0.2) is 0 Å². The van der Waals surface area contributed by atoms with Gasteiger partial charge in [0.15, 0.2) is 0 Å². The van der Waals surface area contributed by atoms with Crippen molar-refractivity contribution >= 4 is 0 Å². The number of hydrogen-bond acceptors (Lipinski definition) is 6. The molecule has 0 aromatic rings. The molecule has 0 saturated carbocycles. The van der Waals surface area contributed by atoms with E-state index in [9.17, 15) is 0 Å². The van der Waals surface area contributed by atoms with Crippen molar-refractivity contribution in [2.75, 3.05) is 61.0 Å². The van der Waals surface area contributed by atoms with Crippen LogP contribution in [0.2, 0.25) is 0 Å². The first kappa shape index (κ1) is 23.8. The first-order valence-corrected chi connectivity index (χ1v) is 9.13. The van der Waals surface area contributed by atoms with Crippen LogP contribution in [0, 0.1) is 0 Å². The van der Waals surface area contributed by atoms with Crippen molar-refractivity contribution in [3.05, 3.63) is 0 Å². The Labute approximate surface area is 148 Å². The smallest absolute Gasteiger partial charge is 0.282 e. The van der Waals surface area contributed by atoms with E-state index in [1.165, 1.54) is 0 Å². The molecule has 0 unspecified atom stereocenters. The maximum absolute atomic E-state index is 6.03. The summed E-state index contributed by atoms with van der Waals surface area (Å²) in [6, 6.07) is 0. The molecule has 0 N–H and O–H groups in total. The molecule has 0 spiro atoms. The molecule has 0 aromatic heterocycles. The van der Waals surface area contributed by atoms with E-state index >= 15 is 0 Å². The first-order chi connectivity index (χ1) is 11.7. The SMILES string of the molecule is CCCCCC(OCCCOC)(OCCCOC)OCCCOC. The summed E-state index contributed by atoms with van der Waals surface area (Å²) >= 11 is 0. The molecule has 6 nitrogen and oxygen atoms in total. The molecule has 0 fully saturated rings. The van der Waals surface area contributed by atoms with Gasteiger partial charge in [-0.1, -0.05) is 19.8 Å². The lowest BCUT2D eigenvalue weighted by Crippen LogP contribution is -2.41. The van der Waals surface area contributed by atoms with Crippen molar-refractivity contribution in [3.63, 3.8) is 0 Å². The van der Waals surface area contributed by atoms with Gasteiger partial charge >= 0.3 is 0 Å². The van der Waals surface area contributed by atoms with Gasteiger partial charge in [0.25, 0.3) is 5.97 Å². The highest BCUT2D eigenvalue weighted by atomic mass is 16.9. The zero-order chi connectivity index (χ0) is 17.9. The van der Waals surface area contributed by atoms with E-state index < -0.39 is 5.97 Å². The predicted octanol–water partition coefficient (Wildman–Crippen LogP) is 3.38. The lowest BCUT2D eigenvalue weighted by molar-refractivity contribution is -0.385. The Bertz CT molecular complexity index is 218. The molecule has 0 saturated heterocycles. The molecule has 0 atom stereocenters. The van der Waals surface area contributed by atoms with E-state index in [4.69, 9.17) is 28.4 Å². The molecule has 0 aromatic carbocycles. The summed E-state index contributed by atoms with van der Waals surface area (Å²) in [5.74, 6) is -0.968. The average molecular weight is 350 g/mol. The molecule has 0 aliphatic heterocycles. The highest BCUT2D eigenvalue weighted by Gasteiger charge is 2.33. The monoisotopic (exact) mass is 350 g/mol. The summed E-state index contributed by atoms with van der Waals surface area (Å²) in [5.41, 5.74) is 0. The minimum absolute atomic E-state index is 0.550. The highest BCUT2D eigenvalue weighted by Crippen LogP contribution is 2.25. The van der Waals surface area contributed by atoms with Crippen LogP contribution in [0.4, 0.5) is 0 Å². The summed E-state index contributed by atoms with van der Waals surface area (Å²) in [6.45, 7) is 5.83. The number of unbranched alkanes of at least 4 members (excludes halogenated alkanes) is 2. The first-order valence-electron chi connectivity index (χ1n) is 9.13. The lowest BCUT2D eigenvalue weighted by Gasteiger charge is -2.33. The summed E-state index contributed by atoms with van der Waals surface area (Å²) in [7, 11) is 5.07. The van der Waals surface area contributed by atoms with E-state index in [1.54, 1.807) is 21.3 Å². The lowest BCUT2D eigenvalue weighted by atomic mass is 10.2. The largest absolute Gasteiger partial charge is 0.385 e. The Hall–Kier alpha value is -0.240. The van der Waals surface area contributed by atoms with Crippen molar-refractivity contribution in [1.29, 1.82) is 0 Å². The second-order valence-electron chi connectivity index (χ2n) is 5.72. The van der Waals surface area contributed by atoms with E-state index in [1.807, 2.05) is 0 Å². The second kappa shape index (κ2) is 17.6. The molecule has 146 valence electrons. The molecule has 0 rings (SSSR count). The minimum atomic E-state index is -0.968. The van der Waals surface area contributed by atoms with Gasteiger partial charge in [-0.3, -0.25) is 0 Å². The second-order valence-corrected chi connectivity index (χ2v) is 5.72. The standard InChI is InChI=1S/C18H38O6/c1-5-6-7-11-18(22-15-8-12-19-2,23-16-9-13-20-3)24-17-10-14-21-4/h5-17H2,1-4H3. The number of ether oxygens (including phenoxy) is 6. The molecule has 0 aliphatic carbocycles. The van der Waals surface area contributed by atoms with Gasteiger partial charge in [0, 0.05) is 47.6 Å². The molecule has 0 heterocycles. The molecular weight excluding hydrogens is 312 g/mol. The number of methoxy groups -OCH3 is 3. The topological polar surface area (TPSA) is 55.4 Å². The summed E-state index contributed by atoms with van der Waals surface area (Å²) in [4.78, 5) is 0. The molecule has 0 radical (unpaired) electrons. The van der Waals surface area contributed by atoms with Crippen LogP contribution in [0.5, 0.6) is 0 Å². The van der Waals surface area contributed by atoms with E-state index in [0.717, 1.165) is 44.9 Å². The zero-order valence-corrected chi connectivity index (χ0v) is 16.1. The van der Waals surface area contributed by atoms with Crippen LogP contribution in [-0.2, 0) is 28.4 Å². The Morgan fingerprint density at radius 3 is 1.29 bits per heavy atom. The van der Waals surface area contributed by atoms with Gasteiger partial charge in [-0.15, -0.1) is 0 Å². The fourth-order valence-corrected chi connectivity index (χ4v) is 2.23. The third-order valence-electron chi connectivity index (χ3n) is 3.53. The van der Waals surface area contributed by atoms with Crippen molar-refractivity contribution in [2.45, 2.75) is 57.8 Å². The summed E-state index contributed by atoms with van der Waals surface area (Å²) in [6.07, 6.45) is 6.46. The predicted molar refractivity (Wildman–Crippen MR) is 94.2 cm³/mol. The molecular formula is C18H38O6. The van der Waals surface area contributed by atoms with Crippen molar-refractivity contribution < 1.29 is 28.4 Å². The maximum Gasteiger partial charge on any atom is 0.282 e. The van der Waals surface area contributed by atoms with E-state index in [0.29, 0.717) is 39.6 Å². The van der Waals surface area contributed by atoms with Gasteiger partial charge in [-0.05, 0) is 25.7 Å². The normalized spacial score (nSPS) is 12.0. The molecule has 0 bridgehead atoms. The third kappa shape index (κ3) is 13.1. The van der Waals surface area contributed by atoms with Crippen molar-refractivity contribution in [2.24, 2.45) is 0 Å². The fourth-order valence-electron chi connectivity index (χ4n) is 2.23.